The van der Waals surface area contributed by atoms with Gasteiger partial charge in [0.05, 0.1) is 0 Å². The molecule has 0 unspecified atom stereocenters. The third-order valence-electron chi connectivity index (χ3n) is 1.57. The molecule has 1 heterocycles. The van der Waals surface area contributed by atoms with Gasteiger partial charge in [-0.3, -0.25) is 0 Å². The highest BCUT2D eigenvalue weighted by atomic mass is 35.5. The van der Waals surface area contributed by atoms with Crippen LogP contribution in [0.15, 0.2) is 0 Å². The minimum Gasteiger partial charge on any atom is -0.375 e. The Morgan fingerprint density at radius 3 is 3.14 bits per heavy atom. The number of hydrogen-bond acceptors (Lipinski definition) is 5. The standard InChI is InChI=1S/C8H10ClN3S2/c1-13-4-2-3-11-8-6(5-10)7(9)12-14-8/h11H,2-4H2,1H3. The van der Waals surface area contributed by atoms with Crippen LogP contribution in [-0.4, -0.2) is 22.9 Å². The predicted molar refractivity (Wildman–Crippen MR) is 63.3 cm³/mol. The molecule has 0 saturated heterocycles. The van der Waals surface area contributed by atoms with E-state index >= 15 is 0 Å². The zero-order valence-corrected chi connectivity index (χ0v) is 10.1. The molecule has 0 fully saturated rings. The summed E-state index contributed by atoms with van der Waals surface area (Å²) in [7, 11) is 0. The highest BCUT2D eigenvalue weighted by Gasteiger charge is 2.10. The Kier molecular flexibility index (Phi) is 5.09. The number of nitriles is 1. The number of hydrogen-bond donors (Lipinski definition) is 1. The maximum Gasteiger partial charge on any atom is 0.162 e. The van der Waals surface area contributed by atoms with Gasteiger partial charge in [0.25, 0.3) is 0 Å². The summed E-state index contributed by atoms with van der Waals surface area (Å²) in [5.74, 6) is 1.11. The van der Waals surface area contributed by atoms with Crippen LogP contribution >= 0.6 is 34.9 Å². The molecule has 1 aromatic heterocycles. The first-order chi connectivity index (χ1) is 6.79. The SMILES string of the molecule is CSCCCNc1snc(Cl)c1C#N. The Morgan fingerprint density at radius 2 is 2.50 bits per heavy atom. The predicted octanol–water partition coefficient (Wildman–Crippen LogP) is 2.83. The van der Waals surface area contributed by atoms with Crippen molar-refractivity contribution in [1.82, 2.24) is 4.37 Å². The lowest BCUT2D eigenvalue weighted by molar-refractivity contribution is 0.997. The molecular weight excluding hydrogens is 238 g/mol. The van der Waals surface area contributed by atoms with E-state index in [4.69, 9.17) is 16.9 Å². The highest BCUT2D eigenvalue weighted by Crippen LogP contribution is 2.27. The molecule has 0 aliphatic heterocycles. The van der Waals surface area contributed by atoms with Crippen LogP contribution in [0.25, 0.3) is 0 Å². The summed E-state index contributed by atoms with van der Waals surface area (Å²) in [6, 6.07) is 2.03. The van der Waals surface area contributed by atoms with E-state index in [1.54, 1.807) is 0 Å². The lowest BCUT2D eigenvalue weighted by atomic mass is 10.4. The van der Waals surface area contributed by atoms with Crippen molar-refractivity contribution in [1.29, 1.82) is 5.26 Å². The first-order valence-corrected chi connectivity index (χ1v) is 6.62. The van der Waals surface area contributed by atoms with Crippen molar-refractivity contribution in [3.63, 3.8) is 0 Å². The van der Waals surface area contributed by atoms with Crippen LogP contribution < -0.4 is 5.32 Å². The largest absolute Gasteiger partial charge is 0.375 e. The van der Waals surface area contributed by atoms with Crippen molar-refractivity contribution < 1.29 is 0 Å². The Balaban J connectivity index is 2.47. The summed E-state index contributed by atoms with van der Waals surface area (Å²) in [4.78, 5) is 0. The molecule has 0 aliphatic carbocycles. The van der Waals surface area contributed by atoms with Crippen molar-refractivity contribution in [2.24, 2.45) is 0 Å². The van der Waals surface area contributed by atoms with E-state index in [1.807, 2.05) is 17.8 Å². The Bertz CT molecular complexity index is 332. The van der Waals surface area contributed by atoms with Crippen LogP contribution in [0.1, 0.15) is 12.0 Å². The summed E-state index contributed by atoms with van der Waals surface area (Å²) in [5.41, 5.74) is 0.459. The summed E-state index contributed by atoms with van der Waals surface area (Å²) >= 11 is 8.76. The average Bonchev–Trinajstić information content (AvgIpc) is 2.54. The van der Waals surface area contributed by atoms with Gasteiger partial charge in [0.15, 0.2) is 5.15 Å². The highest BCUT2D eigenvalue weighted by molar-refractivity contribution is 7.98. The van der Waals surface area contributed by atoms with Gasteiger partial charge >= 0.3 is 0 Å². The number of thioether (sulfide) groups is 1. The van der Waals surface area contributed by atoms with E-state index in [-0.39, 0.29) is 0 Å². The molecule has 0 bridgehead atoms. The molecule has 0 aliphatic rings. The maximum atomic E-state index is 8.78. The second kappa shape index (κ2) is 6.12. The third kappa shape index (κ3) is 3.05. The molecule has 0 amide bonds. The second-order valence-corrected chi connectivity index (χ2v) is 4.68. The van der Waals surface area contributed by atoms with Gasteiger partial charge in [0, 0.05) is 6.54 Å². The van der Waals surface area contributed by atoms with Crippen molar-refractivity contribution in [2.75, 3.05) is 23.9 Å². The van der Waals surface area contributed by atoms with E-state index in [9.17, 15) is 0 Å². The molecule has 76 valence electrons. The van der Waals surface area contributed by atoms with Crippen LogP contribution in [-0.2, 0) is 0 Å². The Morgan fingerprint density at radius 1 is 1.71 bits per heavy atom. The molecule has 0 spiro atoms. The monoisotopic (exact) mass is 247 g/mol. The normalized spacial score (nSPS) is 9.79. The summed E-state index contributed by atoms with van der Waals surface area (Å²) in [5, 5.41) is 13.0. The van der Waals surface area contributed by atoms with E-state index < -0.39 is 0 Å². The number of anilines is 1. The molecule has 0 atom stereocenters. The molecular formula is C8H10ClN3S2. The summed E-state index contributed by atoms with van der Waals surface area (Å²) in [6.45, 7) is 0.855. The molecule has 1 aromatic rings. The van der Waals surface area contributed by atoms with Gasteiger partial charge in [-0.2, -0.15) is 21.4 Å². The molecule has 14 heavy (non-hydrogen) atoms. The lowest BCUT2D eigenvalue weighted by Crippen LogP contribution is -2.01. The molecule has 0 aromatic carbocycles. The van der Waals surface area contributed by atoms with Crippen LogP contribution in [0.2, 0.25) is 5.15 Å². The van der Waals surface area contributed by atoms with Gasteiger partial charge in [-0.15, -0.1) is 0 Å². The van der Waals surface area contributed by atoms with E-state index in [1.165, 1.54) is 11.5 Å². The minimum absolute atomic E-state index is 0.296. The molecule has 6 heteroatoms. The average molecular weight is 248 g/mol. The van der Waals surface area contributed by atoms with Gasteiger partial charge in [-0.05, 0) is 30.0 Å². The van der Waals surface area contributed by atoms with Crippen LogP contribution in [0, 0.1) is 11.3 Å². The Labute approximate surface area is 96.6 Å². The molecule has 3 nitrogen and oxygen atoms in total. The molecule has 1 N–H and O–H groups in total. The third-order valence-corrected chi connectivity index (χ3v) is 3.45. The fraction of sp³-hybridized carbons (Fsp3) is 0.500. The number of nitrogens with one attached hydrogen (secondary N) is 1. The van der Waals surface area contributed by atoms with Gasteiger partial charge < -0.3 is 5.32 Å². The van der Waals surface area contributed by atoms with Crippen LogP contribution in [0.4, 0.5) is 5.00 Å². The van der Waals surface area contributed by atoms with Crippen LogP contribution in [0.5, 0.6) is 0 Å². The van der Waals surface area contributed by atoms with Crippen molar-refractivity contribution in [2.45, 2.75) is 6.42 Å². The number of rotatable bonds is 5. The summed E-state index contributed by atoms with van der Waals surface area (Å²) < 4.78 is 3.90. The number of aromatic nitrogens is 1. The van der Waals surface area contributed by atoms with Crippen molar-refractivity contribution >= 4 is 39.9 Å². The van der Waals surface area contributed by atoms with Gasteiger partial charge in [0.1, 0.15) is 16.6 Å². The zero-order chi connectivity index (χ0) is 10.4. The molecule has 0 radical (unpaired) electrons. The van der Waals surface area contributed by atoms with E-state index in [2.05, 4.69) is 15.9 Å². The van der Waals surface area contributed by atoms with E-state index in [0.29, 0.717) is 10.7 Å². The quantitative estimate of drug-likeness (QED) is 0.813. The minimum atomic E-state index is 0.296. The van der Waals surface area contributed by atoms with Crippen molar-refractivity contribution in [3.8, 4) is 6.07 Å². The molecule has 1 rings (SSSR count). The number of halogens is 1. The Hall–Kier alpha value is -0.440. The van der Waals surface area contributed by atoms with Gasteiger partial charge in [-0.25, -0.2) is 0 Å². The van der Waals surface area contributed by atoms with Gasteiger partial charge in [-0.1, -0.05) is 11.6 Å². The van der Waals surface area contributed by atoms with Crippen LogP contribution in [0.3, 0.4) is 0 Å². The smallest absolute Gasteiger partial charge is 0.162 e. The molecule has 0 saturated carbocycles. The first-order valence-electron chi connectivity index (χ1n) is 4.07. The van der Waals surface area contributed by atoms with E-state index in [0.717, 1.165) is 23.7 Å². The zero-order valence-electron chi connectivity index (χ0n) is 7.71. The lowest BCUT2D eigenvalue weighted by Gasteiger charge is -2.01. The van der Waals surface area contributed by atoms with Gasteiger partial charge in [0.2, 0.25) is 0 Å². The first kappa shape index (κ1) is 11.6. The second-order valence-electron chi connectivity index (χ2n) is 2.56. The van der Waals surface area contributed by atoms with Crippen molar-refractivity contribution in [3.05, 3.63) is 10.7 Å². The topological polar surface area (TPSA) is 48.7 Å². The fourth-order valence-electron chi connectivity index (χ4n) is 0.907. The number of nitrogens with zero attached hydrogens (tertiary/aromatic N) is 2. The maximum absolute atomic E-state index is 8.78. The summed E-state index contributed by atoms with van der Waals surface area (Å²) in [6.07, 6.45) is 3.14. The fourth-order valence-corrected chi connectivity index (χ4v) is 2.30.